The summed E-state index contributed by atoms with van der Waals surface area (Å²) in [7, 11) is 0. The fourth-order valence-electron chi connectivity index (χ4n) is 3.32. The molecule has 1 aromatic rings. The number of carbonyl (C=O) groups is 3. The van der Waals surface area contributed by atoms with Gasteiger partial charge in [0.1, 0.15) is 0 Å². The van der Waals surface area contributed by atoms with Crippen LogP contribution in [0.2, 0.25) is 0 Å². The minimum Gasteiger partial charge on any atom is -0.465 e. The third kappa shape index (κ3) is 4.76. The molecule has 5 nitrogen and oxygen atoms in total. The summed E-state index contributed by atoms with van der Waals surface area (Å²) in [6.45, 7) is 5.88. The highest BCUT2D eigenvalue weighted by molar-refractivity contribution is 6.06. The van der Waals surface area contributed by atoms with Gasteiger partial charge in [-0.15, -0.1) is 0 Å². The Morgan fingerprint density at radius 2 is 1.48 bits per heavy atom. The van der Waals surface area contributed by atoms with E-state index in [0.29, 0.717) is 24.0 Å². The van der Waals surface area contributed by atoms with Gasteiger partial charge in [-0.3, -0.25) is 14.4 Å². The summed E-state index contributed by atoms with van der Waals surface area (Å²) >= 11 is 0. The number of ketones is 1. The van der Waals surface area contributed by atoms with E-state index in [1.54, 1.807) is 38.1 Å². The molecular weight excluding hydrogens is 344 g/mol. The molecule has 0 aromatic heterocycles. The van der Waals surface area contributed by atoms with Crippen LogP contribution in [0.4, 0.5) is 0 Å². The van der Waals surface area contributed by atoms with Gasteiger partial charge in [-0.25, -0.2) is 0 Å². The van der Waals surface area contributed by atoms with Crippen LogP contribution < -0.4 is 0 Å². The van der Waals surface area contributed by atoms with Gasteiger partial charge in [0.05, 0.1) is 13.2 Å². The van der Waals surface area contributed by atoms with E-state index in [-0.39, 0.29) is 24.9 Å². The molecule has 0 unspecified atom stereocenters. The molecule has 5 heteroatoms. The van der Waals surface area contributed by atoms with E-state index in [2.05, 4.69) is 6.92 Å². The van der Waals surface area contributed by atoms with Crippen molar-refractivity contribution in [2.45, 2.75) is 64.7 Å². The smallest absolute Gasteiger partial charge is 0.328 e. The standard InChI is InChI=1S/C22H30O5/c1-4-7-8-15-22(20(24)26-5-2,21(25)27-6-3)18-13-11-17(12-14-18)19(23)16-9-10-16/h11-14,16H,4-10,15H2,1-3H3. The molecule has 0 atom stereocenters. The van der Waals surface area contributed by atoms with Crippen LogP contribution in [0.1, 0.15) is 75.2 Å². The van der Waals surface area contributed by atoms with Crippen molar-refractivity contribution in [2.24, 2.45) is 5.92 Å². The molecule has 0 N–H and O–H groups in total. The van der Waals surface area contributed by atoms with Gasteiger partial charge in [-0.2, -0.15) is 0 Å². The molecule has 1 aliphatic carbocycles. The van der Waals surface area contributed by atoms with Crippen molar-refractivity contribution in [2.75, 3.05) is 13.2 Å². The fraction of sp³-hybridized carbons (Fsp3) is 0.591. The zero-order chi connectivity index (χ0) is 19.9. The van der Waals surface area contributed by atoms with Crippen LogP contribution in [-0.4, -0.2) is 30.9 Å². The molecule has 1 saturated carbocycles. The van der Waals surface area contributed by atoms with Gasteiger partial charge < -0.3 is 9.47 Å². The van der Waals surface area contributed by atoms with Gasteiger partial charge in [-0.05, 0) is 38.7 Å². The van der Waals surface area contributed by atoms with Gasteiger partial charge in [0.15, 0.2) is 11.2 Å². The van der Waals surface area contributed by atoms with E-state index in [4.69, 9.17) is 9.47 Å². The number of hydrogen-bond acceptors (Lipinski definition) is 5. The second-order valence-corrected chi connectivity index (χ2v) is 7.02. The van der Waals surface area contributed by atoms with Crippen LogP contribution in [-0.2, 0) is 24.5 Å². The zero-order valence-electron chi connectivity index (χ0n) is 16.6. The largest absolute Gasteiger partial charge is 0.465 e. The van der Waals surface area contributed by atoms with Crippen molar-refractivity contribution >= 4 is 17.7 Å². The molecule has 0 aliphatic heterocycles. The molecule has 0 spiro atoms. The second-order valence-electron chi connectivity index (χ2n) is 7.02. The highest BCUT2D eigenvalue weighted by Gasteiger charge is 2.50. The van der Waals surface area contributed by atoms with Gasteiger partial charge in [-0.1, -0.05) is 50.5 Å². The number of hydrogen-bond donors (Lipinski definition) is 0. The molecule has 148 valence electrons. The first-order chi connectivity index (χ1) is 13.0. The summed E-state index contributed by atoms with van der Waals surface area (Å²) in [6.07, 6.45) is 4.78. The van der Waals surface area contributed by atoms with Crippen LogP contribution in [0.25, 0.3) is 0 Å². The first kappa shape index (κ1) is 21.1. The number of rotatable bonds is 11. The molecule has 0 amide bonds. The summed E-state index contributed by atoms with van der Waals surface area (Å²) < 4.78 is 10.6. The number of ether oxygens (including phenoxy) is 2. The van der Waals surface area contributed by atoms with Crippen LogP contribution >= 0.6 is 0 Å². The fourth-order valence-corrected chi connectivity index (χ4v) is 3.32. The second kappa shape index (κ2) is 9.67. The highest BCUT2D eigenvalue weighted by atomic mass is 16.6. The Labute approximate surface area is 161 Å². The molecule has 0 radical (unpaired) electrons. The third-order valence-electron chi connectivity index (χ3n) is 5.01. The maximum Gasteiger partial charge on any atom is 0.328 e. The number of esters is 2. The van der Waals surface area contributed by atoms with Crippen molar-refractivity contribution in [3.8, 4) is 0 Å². The third-order valence-corrected chi connectivity index (χ3v) is 5.01. The normalized spacial score (nSPS) is 13.9. The summed E-state index contributed by atoms with van der Waals surface area (Å²) in [5, 5.41) is 0. The van der Waals surface area contributed by atoms with Crippen LogP contribution in [0, 0.1) is 5.92 Å². The van der Waals surface area contributed by atoms with Crippen molar-refractivity contribution < 1.29 is 23.9 Å². The Bertz CT molecular complexity index is 640. The molecule has 1 aromatic carbocycles. The maximum absolute atomic E-state index is 12.9. The monoisotopic (exact) mass is 374 g/mol. The Kier molecular flexibility index (Phi) is 7.57. The van der Waals surface area contributed by atoms with Gasteiger partial charge in [0, 0.05) is 11.5 Å². The highest BCUT2D eigenvalue weighted by Crippen LogP contribution is 2.36. The minimum atomic E-state index is -1.48. The molecule has 0 saturated heterocycles. The topological polar surface area (TPSA) is 69.7 Å². The van der Waals surface area contributed by atoms with Crippen molar-refractivity contribution in [3.05, 3.63) is 35.4 Å². The van der Waals surface area contributed by atoms with Gasteiger partial charge in [0.25, 0.3) is 0 Å². The van der Waals surface area contributed by atoms with Crippen molar-refractivity contribution in [1.82, 2.24) is 0 Å². The number of unbranched alkanes of at least 4 members (excludes halogenated alkanes) is 2. The predicted octanol–water partition coefficient (Wildman–Crippen LogP) is 4.22. The van der Waals surface area contributed by atoms with E-state index in [1.807, 2.05) is 0 Å². The zero-order valence-corrected chi connectivity index (χ0v) is 16.6. The van der Waals surface area contributed by atoms with Crippen LogP contribution in [0.3, 0.4) is 0 Å². The molecule has 0 bridgehead atoms. The first-order valence-corrected chi connectivity index (χ1v) is 10.00. The lowest BCUT2D eigenvalue weighted by Crippen LogP contribution is -2.46. The molecular formula is C22H30O5. The predicted molar refractivity (Wildman–Crippen MR) is 103 cm³/mol. The van der Waals surface area contributed by atoms with Crippen molar-refractivity contribution in [1.29, 1.82) is 0 Å². The van der Waals surface area contributed by atoms with E-state index in [1.165, 1.54) is 0 Å². The first-order valence-electron chi connectivity index (χ1n) is 10.00. The molecule has 1 fully saturated rings. The Morgan fingerprint density at radius 3 is 1.93 bits per heavy atom. The van der Waals surface area contributed by atoms with Crippen molar-refractivity contribution in [3.63, 3.8) is 0 Å². The SMILES string of the molecule is CCCCCC(C(=O)OCC)(C(=O)OCC)c1ccc(C(=O)C2CC2)cc1. The Hall–Kier alpha value is -2.17. The molecule has 0 heterocycles. The number of carbonyl (C=O) groups excluding carboxylic acids is 3. The average Bonchev–Trinajstić information content (AvgIpc) is 3.50. The van der Waals surface area contributed by atoms with Crippen LogP contribution in [0.5, 0.6) is 0 Å². The number of Topliss-reactive ketones (excluding diaryl/α,β-unsaturated/α-hetero) is 1. The molecule has 27 heavy (non-hydrogen) atoms. The van der Waals surface area contributed by atoms with E-state index >= 15 is 0 Å². The Morgan fingerprint density at radius 1 is 0.926 bits per heavy atom. The summed E-state index contributed by atoms with van der Waals surface area (Å²) in [6, 6.07) is 6.83. The molecule has 2 rings (SSSR count). The lowest BCUT2D eigenvalue weighted by atomic mass is 9.75. The lowest BCUT2D eigenvalue weighted by molar-refractivity contribution is -0.165. The quantitative estimate of drug-likeness (QED) is 0.251. The lowest BCUT2D eigenvalue weighted by Gasteiger charge is -2.30. The van der Waals surface area contributed by atoms with E-state index in [9.17, 15) is 14.4 Å². The van der Waals surface area contributed by atoms with Crippen LogP contribution in [0.15, 0.2) is 24.3 Å². The summed E-state index contributed by atoms with van der Waals surface area (Å²) in [5.41, 5.74) is -0.332. The molecule has 1 aliphatic rings. The van der Waals surface area contributed by atoms with Gasteiger partial charge >= 0.3 is 11.9 Å². The summed E-state index contributed by atoms with van der Waals surface area (Å²) in [4.78, 5) is 38.1. The maximum atomic E-state index is 12.9. The van der Waals surface area contributed by atoms with E-state index < -0.39 is 17.4 Å². The van der Waals surface area contributed by atoms with E-state index in [0.717, 1.165) is 25.7 Å². The van der Waals surface area contributed by atoms with Gasteiger partial charge in [0.2, 0.25) is 0 Å². The summed E-state index contributed by atoms with van der Waals surface area (Å²) in [5.74, 6) is -0.910. The average molecular weight is 374 g/mol. The Balaban J connectivity index is 2.42. The number of benzene rings is 1. The minimum absolute atomic E-state index is 0.125.